The predicted octanol–water partition coefficient (Wildman–Crippen LogP) is 2.86. The first-order chi connectivity index (χ1) is 11.1. The largest absolute Gasteiger partial charge is 0.469 e. The highest BCUT2D eigenvalue weighted by Crippen LogP contribution is 2.20. The van der Waals surface area contributed by atoms with Crippen molar-refractivity contribution >= 4 is 17.8 Å². The van der Waals surface area contributed by atoms with Gasteiger partial charge in [0.15, 0.2) is 0 Å². The Morgan fingerprint density at radius 2 is 1.29 bits per heavy atom. The summed E-state index contributed by atoms with van der Waals surface area (Å²) in [4.78, 5) is 33.5. The maximum atomic E-state index is 11.3. The van der Waals surface area contributed by atoms with Gasteiger partial charge in [-0.2, -0.15) is 0 Å². The molecule has 0 spiro atoms. The third kappa shape index (κ3) is 10.2. The first kappa shape index (κ1) is 24.7. The standard InChI is InChI=1S/C11H22N2O2.C7H14O2/c1-5-8(3)10(14)12-7-13-11(15)9(4)6-2;1-5-7(2,3)6(8)9-4/h8-9H,5-7H2,1-4H3,(H,12,14)(H,13,15);5H2,1-4H3. The Morgan fingerprint density at radius 1 is 0.917 bits per heavy atom. The average Bonchev–Trinajstić information content (AvgIpc) is 2.59. The number of methoxy groups -OCH3 is 1. The number of hydrogen-bond acceptors (Lipinski definition) is 4. The van der Waals surface area contributed by atoms with Crippen molar-refractivity contribution in [3.63, 3.8) is 0 Å². The molecule has 6 nitrogen and oxygen atoms in total. The van der Waals surface area contributed by atoms with Crippen molar-refractivity contribution < 1.29 is 19.1 Å². The van der Waals surface area contributed by atoms with Crippen LogP contribution in [-0.2, 0) is 19.1 Å². The summed E-state index contributed by atoms with van der Waals surface area (Å²) in [5.74, 6) is -0.148. The van der Waals surface area contributed by atoms with Crippen LogP contribution in [0.15, 0.2) is 0 Å². The van der Waals surface area contributed by atoms with Crippen LogP contribution in [0.1, 0.15) is 67.7 Å². The van der Waals surface area contributed by atoms with Crippen molar-refractivity contribution in [1.82, 2.24) is 10.6 Å². The third-order valence-electron chi connectivity index (χ3n) is 4.27. The van der Waals surface area contributed by atoms with Crippen molar-refractivity contribution in [2.75, 3.05) is 13.8 Å². The molecular formula is C18H36N2O4. The van der Waals surface area contributed by atoms with Crippen LogP contribution in [0.25, 0.3) is 0 Å². The van der Waals surface area contributed by atoms with Crippen LogP contribution in [0, 0.1) is 17.3 Å². The van der Waals surface area contributed by atoms with Gasteiger partial charge >= 0.3 is 5.97 Å². The maximum absolute atomic E-state index is 11.3. The summed E-state index contributed by atoms with van der Waals surface area (Å²) in [6, 6.07) is 0. The molecule has 0 saturated heterocycles. The van der Waals surface area contributed by atoms with Crippen molar-refractivity contribution in [1.29, 1.82) is 0 Å². The molecule has 2 amide bonds. The molecule has 6 heteroatoms. The van der Waals surface area contributed by atoms with E-state index in [0.717, 1.165) is 19.3 Å². The highest BCUT2D eigenvalue weighted by atomic mass is 16.5. The van der Waals surface area contributed by atoms with Crippen LogP contribution in [0.4, 0.5) is 0 Å². The van der Waals surface area contributed by atoms with E-state index in [1.54, 1.807) is 0 Å². The molecular weight excluding hydrogens is 308 g/mol. The van der Waals surface area contributed by atoms with Crippen LogP contribution < -0.4 is 10.6 Å². The molecule has 0 bridgehead atoms. The van der Waals surface area contributed by atoms with E-state index < -0.39 is 0 Å². The van der Waals surface area contributed by atoms with E-state index in [-0.39, 0.29) is 41.7 Å². The predicted molar refractivity (Wildman–Crippen MR) is 96.2 cm³/mol. The second-order valence-corrected chi connectivity index (χ2v) is 6.61. The molecule has 0 aliphatic heterocycles. The number of nitrogens with one attached hydrogen (secondary N) is 2. The first-order valence-electron chi connectivity index (χ1n) is 8.71. The van der Waals surface area contributed by atoms with Crippen molar-refractivity contribution in [3.8, 4) is 0 Å². The molecule has 0 aliphatic rings. The number of carbonyl (C=O) groups excluding carboxylic acids is 3. The Balaban J connectivity index is 0. The molecule has 0 saturated carbocycles. The SMILES string of the molecule is CCC(C)(C)C(=O)OC.CCC(C)C(=O)NCNC(=O)C(C)CC. The molecule has 142 valence electrons. The molecule has 0 fully saturated rings. The van der Waals surface area contributed by atoms with Crippen molar-refractivity contribution in [2.24, 2.45) is 17.3 Å². The number of esters is 1. The fourth-order valence-corrected chi connectivity index (χ4v) is 1.36. The zero-order valence-corrected chi connectivity index (χ0v) is 16.6. The van der Waals surface area contributed by atoms with E-state index in [2.05, 4.69) is 15.4 Å². The van der Waals surface area contributed by atoms with Gasteiger partial charge in [0.05, 0.1) is 19.2 Å². The molecule has 0 aromatic carbocycles. The summed E-state index contributed by atoms with van der Waals surface area (Å²) in [6.45, 7) is 13.6. The van der Waals surface area contributed by atoms with Gasteiger partial charge in [-0.1, -0.05) is 34.6 Å². The summed E-state index contributed by atoms with van der Waals surface area (Å²) in [5, 5.41) is 5.34. The van der Waals surface area contributed by atoms with Gasteiger partial charge in [0.2, 0.25) is 11.8 Å². The Hall–Kier alpha value is -1.59. The van der Waals surface area contributed by atoms with Gasteiger partial charge < -0.3 is 15.4 Å². The molecule has 2 unspecified atom stereocenters. The fourth-order valence-electron chi connectivity index (χ4n) is 1.36. The zero-order chi connectivity index (χ0) is 19.3. The minimum Gasteiger partial charge on any atom is -0.469 e. The monoisotopic (exact) mass is 344 g/mol. The number of hydrogen-bond donors (Lipinski definition) is 2. The molecule has 0 heterocycles. The topological polar surface area (TPSA) is 84.5 Å². The third-order valence-corrected chi connectivity index (χ3v) is 4.27. The smallest absolute Gasteiger partial charge is 0.311 e. The van der Waals surface area contributed by atoms with E-state index >= 15 is 0 Å². The van der Waals surface area contributed by atoms with E-state index in [1.165, 1.54) is 7.11 Å². The number of amides is 2. The number of ether oxygens (including phenoxy) is 1. The van der Waals surface area contributed by atoms with Crippen LogP contribution in [0.5, 0.6) is 0 Å². The molecule has 2 atom stereocenters. The normalized spacial score (nSPS) is 13.0. The Morgan fingerprint density at radius 3 is 1.50 bits per heavy atom. The summed E-state index contributed by atoms with van der Waals surface area (Å²) in [7, 11) is 1.42. The Labute approximate surface area is 147 Å². The second kappa shape index (κ2) is 12.8. The van der Waals surface area contributed by atoms with Crippen molar-refractivity contribution in [3.05, 3.63) is 0 Å². The lowest BCUT2D eigenvalue weighted by Crippen LogP contribution is -2.41. The molecule has 0 aliphatic carbocycles. The minimum absolute atomic E-state index is 0.00509. The first-order valence-corrected chi connectivity index (χ1v) is 8.71. The lowest BCUT2D eigenvalue weighted by atomic mass is 9.91. The van der Waals surface area contributed by atoms with Gasteiger partial charge in [0, 0.05) is 11.8 Å². The Kier molecular flexibility index (Phi) is 13.1. The van der Waals surface area contributed by atoms with Gasteiger partial charge in [0.1, 0.15) is 0 Å². The Bertz CT molecular complexity index is 372. The van der Waals surface area contributed by atoms with Crippen molar-refractivity contribution in [2.45, 2.75) is 67.7 Å². The van der Waals surface area contributed by atoms with E-state index in [9.17, 15) is 14.4 Å². The van der Waals surface area contributed by atoms with Crippen LogP contribution in [0.3, 0.4) is 0 Å². The molecule has 0 radical (unpaired) electrons. The van der Waals surface area contributed by atoms with Gasteiger partial charge in [-0.3, -0.25) is 14.4 Å². The van der Waals surface area contributed by atoms with E-state index in [4.69, 9.17) is 0 Å². The summed E-state index contributed by atoms with van der Waals surface area (Å²) in [6.07, 6.45) is 2.44. The molecule has 0 aromatic heterocycles. The fraction of sp³-hybridized carbons (Fsp3) is 0.833. The summed E-state index contributed by atoms with van der Waals surface area (Å²) < 4.78 is 4.57. The lowest BCUT2D eigenvalue weighted by Gasteiger charge is -2.17. The number of carbonyl (C=O) groups is 3. The van der Waals surface area contributed by atoms with Gasteiger partial charge in [-0.05, 0) is 33.1 Å². The molecule has 0 rings (SSSR count). The van der Waals surface area contributed by atoms with Crippen LogP contribution >= 0.6 is 0 Å². The second-order valence-electron chi connectivity index (χ2n) is 6.61. The number of rotatable bonds is 8. The summed E-state index contributed by atoms with van der Waals surface area (Å²) >= 11 is 0. The average molecular weight is 344 g/mol. The minimum atomic E-state index is -0.311. The van der Waals surface area contributed by atoms with Gasteiger partial charge in [-0.25, -0.2) is 0 Å². The van der Waals surface area contributed by atoms with E-state index in [1.807, 2.05) is 48.5 Å². The highest BCUT2D eigenvalue weighted by Gasteiger charge is 2.25. The van der Waals surface area contributed by atoms with Crippen LogP contribution in [-0.4, -0.2) is 31.6 Å². The maximum Gasteiger partial charge on any atom is 0.311 e. The lowest BCUT2D eigenvalue weighted by molar-refractivity contribution is -0.150. The summed E-state index contributed by atoms with van der Waals surface area (Å²) in [5.41, 5.74) is -0.311. The van der Waals surface area contributed by atoms with Gasteiger partial charge in [0.25, 0.3) is 0 Å². The van der Waals surface area contributed by atoms with E-state index in [0.29, 0.717) is 0 Å². The quantitative estimate of drug-likeness (QED) is 0.524. The molecule has 2 N–H and O–H groups in total. The van der Waals surface area contributed by atoms with Crippen LogP contribution in [0.2, 0.25) is 0 Å². The molecule has 24 heavy (non-hydrogen) atoms. The zero-order valence-electron chi connectivity index (χ0n) is 16.6. The molecule has 0 aromatic rings. The highest BCUT2D eigenvalue weighted by molar-refractivity contribution is 5.80. The van der Waals surface area contributed by atoms with Gasteiger partial charge in [-0.15, -0.1) is 0 Å².